The average molecular weight is 238 g/mol. The minimum absolute atomic E-state index is 0.584. The minimum atomic E-state index is 0.584. The van der Waals surface area contributed by atoms with Crippen LogP contribution >= 0.6 is 11.3 Å². The maximum absolute atomic E-state index is 3.42. The lowest BCUT2D eigenvalue weighted by molar-refractivity contribution is 0.115. The number of piperidine rings is 1. The largest absolute Gasteiger partial charge is 0.317 e. The van der Waals surface area contributed by atoms with Gasteiger partial charge in [0.05, 0.1) is 0 Å². The molecule has 1 fully saturated rings. The molecule has 3 heteroatoms. The van der Waals surface area contributed by atoms with Crippen molar-refractivity contribution in [3.05, 3.63) is 22.4 Å². The summed E-state index contributed by atoms with van der Waals surface area (Å²) in [6.45, 7) is 7.12. The zero-order valence-electron chi connectivity index (χ0n) is 10.4. The van der Waals surface area contributed by atoms with E-state index in [1.54, 1.807) is 0 Å². The summed E-state index contributed by atoms with van der Waals surface area (Å²) in [5, 5.41) is 5.60. The predicted molar refractivity (Wildman–Crippen MR) is 70.9 cm³/mol. The van der Waals surface area contributed by atoms with Gasteiger partial charge in [-0.1, -0.05) is 13.0 Å². The van der Waals surface area contributed by atoms with E-state index in [-0.39, 0.29) is 0 Å². The molecule has 2 rings (SSSR count). The van der Waals surface area contributed by atoms with Crippen LogP contribution < -0.4 is 5.32 Å². The molecule has 0 saturated carbocycles. The van der Waals surface area contributed by atoms with Crippen molar-refractivity contribution in [2.75, 3.05) is 20.1 Å². The topological polar surface area (TPSA) is 15.3 Å². The van der Waals surface area contributed by atoms with Crippen LogP contribution in [0.2, 0.25) is 0 Å². The van der Waals surface area contributed by atoms with Crippen molar-refractivity contribution in [2.45, 2.75) is 32.4 Å². The average Bonchev–Trinajstić information content (AvgIpc) is 2.81. The van der Waals surface area contributed by atoms with Gasteiger partial charge in [-0.3, -0.25) is 4.90 Å². The molecule has 16 heavy (non-hydrogen) atoms. The second-order valence-electron chi connectivity index (χ2n) is 4.85. The molecular weight excluding hydrogens is 216 g/mol. The lowest BCUT2D eigenvalue weighted by Crippen LogP contribution is -2.47. The smallest absolute Gasteiger partial charge is 0.0413 e. The minimum Gasteiger partial charge on any atom is -0.317 e. The van der Waals surface area contributed by atoms with E-state index in [0.717, 1.165) is 5.92 Å². The van der Waals surface area contributed by atoms with E-state index < -0.39 is 0 Å². The van der Waals surface area contributed by atoms with E-state index in [9.17, 15) is 0 Å². The quantitative estimate of drug-likeness (QED) is 0.871. The molecule has 1 aliphatic rings. The van der Waals surface area contributed by atoms with Crippen molar-refractivity contribution in [3.8, 4) is 0 Å². The van der Waals surface area contributed by atoms with E-state index in [1.165, 1.54) is 24.4 Å². The molecule has 3 unspecified atom stereocenters. The summed E-state index contributed by atoms with van der Waals surface area (Å²) < 4.78 is 0. The Morgan fingerprint density at radius 1 is 1.56 bits per heavy atom. The lowest BCUT2D eigenvalue weighted by atomic mass is 9.93. The molecule has 0 spiro atoms. The van der Waals surface area contributed by atoms with Crippen molar-refractivity contribution in [1.82, 2.24) is 10.2 Å². The third-order valence-corrected chi connectivity index (χ3v) is 4.85. The van der Waals surface area contributed by atoms with Crippen molar-refractivity contribution in [1.29, 1.82) is 0 Å². The summed E-state index contributed by atoms with van der Waals surface area (Å²) in [6, 6.07) is 5.69. The molecule has 0 bridgehead atoms. The Morgan fingerprint density at radius 2 is 2.38 bits per heavy atom. The molecule has 2 nitrogen and oxygen atoms in total. The fraction of sp³-hybridized carbons (Fsp3) is 0.692. The summed E-state index contributed by atoms with van der Waals surface area (Å²) >= 11 is 1.88. The van der Waals surface area contributed by atoms with Gasteiger partial charge in [-0.15, -0.1) is 11.3 Å². The molecule has 90 valence electrons. The zero-order chi connectivity index (χ0) is 11.5. The number of rotatable bonds is 3. The van der Waals surface area contributed by atoms with E-state index in [1.807, 2.05) is 11.3 Å². The van der Waals surface area contributed by atoms with Gasteiger partial charge in [0.25, 0.3) is 0 Å². The highest BCUT2D eigenvalue weighted by Gasteiger charge is 2.28. The fourth-order valence-electron chi connectivity index (χ4n) is 2.67. The van der Waals surface area contributed by atoms with Gasteiger partial charge >= 0.3 is 0 Å². The fourth-order valence-corrected chi connectivity index (χ4v) is 3.48. The van der Waals surface area contributed by atoms with Crippen LogP contribution in [-0.4, -0.2) is 31.1 Å². The normalized spacial score (nSPS) is 29.2. The van der Waals surface area contributed by atoms with Gasteiger partial charge in [-0.2, -0.15) is 0 Å². The molecule has 0 aliphatic carbocycles. The van der Waals surface area contributed by atoms with Crippen molar-refractivity contribution < 1.29 is 0 Å². The van der Waals surface area contributed by atoms with E-state index in [0.29, 0.717) is 12.1 Å². The highest BCUT2D eigenvalue weighted by molar-refractivity contribution is 7.10. The van der Waals surface area contributed by atoms with Gasteiger partial charge in [0.1, 0.15) is 0 Å². The first kappa shape index (κ1) is 12.1. The van der Waals surface area contributed by atoms with Gasteiger partial charge in [0, 0.05) is 30.1 Å². The summed E-state index contributed by atoms with van der Waals surface area (Å²) in [7, 11) is 2.08. The van der Waals surface area contributed by atoms with Crippen LogP contribution in [0, 0.1) is 5.92 Å². The Hall–Kier alpha value is -0.380. The van der Waals surface area contributed by atoms with Gasteiger partial charge < -0.3 is 5.32 Å². The van der Waals surface area contributed by atoms with Crippen LogP contribution in [0.25, 0.3) is 0 Å². The molecule has 0 amide bonds. The molecule has 0 radical (unpaired) electrons. The molecule has 1 aromatic rings. The number of nitrogens with zero attached hydrogens (tertiary/aromatic N) is 1. The van der Waals surface area contributed by atoms with Gasteiger partial charge in [-0.25, -0.2) is 0 Å². The number of hydrogen-bond donors (Lipinski definition) is 1. The molecule has 1 aliphatic heterocycles. The number of nitrogens with one attached hydrogen (secondary N) is 1. The molecule has 3 atom stereocenters. The third kappa shape index (κ3) is 2.47. The molecule has 2 heterocycles. The SMILES string of the molecule is CNC1CCN(C(C)c2cccs2)CC1C. The molecule has 1 aromatic heterocycles. The first-order valence-corrected chi connectivity index (χ1v) is 7.05. The van der Waals surface area contributed by atoms with Crippen molar-refractivity contribution in [2.24, 2.45) is 5.92 Å². The van der Waals surface area contributed by atoms with Gasteiger partial charge in [0.15, 0.2) is 0 Å². The summed E-state index contributed by atoms with van der Waals surface area (Å²) in [5.41, 5.74) is 0. The van der Waals surface area contributed by atoms with Gasteiger partial charge in [-0.05, 0) is 37.8 Å². The van der Waals surface area contributed by atoms with Crippen LogP contribution in [0.4, 0.5) is 0 Å². The van der Waals surface area contributed by atoms with E-state index in [4.69, 9.17) is 0 Å². The molecule has 0 aromatic carbocycles. The summed E-state index contributed by atoms with van der Waals surface area (Å²) in [5.74, 6) is 0.751. The Morgan fingerprint density at radius 3 is 2.94 bits per heavy atom. The maximum atomic E-state index is 3.42. The predicted octanol–water partition coefficient (Wildman–Crippen LogP) is 2.74. The maximum Gasteiger partial charge on any atom is 0.0413 e. The van der Waals surface area contributed by atoms with Crippen LogP contribution in [0.15, 0.2) is 17.5 Å². The summed E-state index contributed by atoms with van der Waals surface area (Å²) in [6.07, 6.45) is 1.27. The molecule has 1 N–H and O–H groups in total. The van der Waals surface area contributed by atoms with Crippen molar-refractivity contribution in [3.63, 3.8) is 0 Å². The highest BCUT2D eigenvalue weighted by atomic mass is 32.1. The van der Waals surface area contributed by atoms with Crippen LogP contribution in [0.1, 0.15) is 31.2 Å². The summed E-state index contributed by atoms with van der Waals surface area (Å²) in [4.78, 5) is 4.11. The van der Waals surface area contributed by atoms with Crippen molar-refractivity contribution >= 4 is 11.3 Å². The van der Waals surface area contributed by atoms with Gasteiger partial charge in [0.2, 0.25) is 0 Å². The highest BCUT2D eigenvalue weighted by Crippen LogP contribution is 2.28. The van der Waals surface area contributed by atoms with E-state index in [2.05, 4.69) is 48.6 Å². The van der Waals surface area contributed by atoms with E-state index >= 15 is 0 Å². The second-order valence-corrected chi connectivity index (χ2v) is 5.83. The lowest BCUT2D eigenvalue weighted by Gasteiger charge is -2.39. The molecule has 1 saturated heterocycles. The number of likely N-dealkylation sites (tertiary alicyclic amines) is 1. The van der Waals surface area contributed by atoms with Crippen LogP contribution in [0.3, 0.4) is 0 Å². The Bertz CT molecular complexity index is 310. The van der Waals surface area contributed by atoms with Crippen LogP contribution in [-0.2, 0) is 0 Å². The first-order chi connectivity index (χ1) is 7.72. The number of hydrogen-bond acceptors (Lipinski definition) is 3. The Kier molecular flexibility index (Phi) is 4.00. The monoisotopic (exact) mass is 238 g/mol. The van der Waals surface area contributed by atoms with Crippen LogP contribution in [0.5, 0.6) is 0 Å². The number of thiophene rings is 1. The first-order valence-electron chi connectivity index (χ1n) is 6.17. The molecular formula is C13H22N2S. The third-order valence-electron chi connectivity index (χ3n) is 3.81. The Labute approximate surface area is 103 Å². The zero-order valence-corrected chi connectivity index (χ0v) is 11.3. The second kappa shape index (κ2) is 5.30. The Balaban J connectivity index is 1.97. The standard InChI is InChI=1S/C13H22N2S/c1-10-9-15(7-6-12(10)14-3)11(2)13-5-4-8-16-13/h4-5,8,10-12,14H,6-7,9H2,1-3H3.